The minimum absolute atomic E-state index is 0.00459. The van der Waals surface area contributed by atoms with Crippen LogP contribution in [0, 0.1) is 0 Å². The summed E-state index contributed by atoms with van der Waals surface area (Å²) in [6, 6.07) is 4.90. The largest absolute Gasteiger partial charge is 0.396 e. The fourth-order valence-corrected chi connectivity index (χ4v) is 1.66. The number of aliphatic hydroxyl groups is 1. The summed E-state index contributed by atoms with van der Waals surface area (Å²) < 4.78 is 37.2. The zero-order valence-corrected chi connectivity index (χ0v) is 11.0. The average molecular weight is 290 g/mol. The van der Waals surface area contributed by atoms with Gasteiger partial charge >= 0.3 is 12.2 Å². The molecule has 0 saturated heterocycles. The number of benzene rings is 1. The third-order valence-electron chi connectivity index (χ3n) is 2.60. The van der Waals surface area contributed by atoms with E-state index in [0.29, 0.717) is 6.42 Å². The number of hydrogen-bond donors (Lipinski definition) is 3. The molecule has 1 atom stereocenters. The maximum absolute atomic E-state index is 12.4. The molecule has 0 bridgehead atoms. The minimum atomic E-state index is -4.33. The van der Waals surface area contributed by atoms with Crippen molar-refractivity contribution < 1.29 is 23.1 Å². The Morgan fingerprint density at radius 1 is 1.35 bits per heavy atom. The molecule has 1 aromatic rings. The van der Waals surface area contributed by atoms with Crippen molar-refractivity contribution in [1.82, 2.24) is 5.32 Å². The van der Waals surface area contributed by atoms with E-state index < -0.39 is 18.6 Å². The third kappa shape index (κ3) is 5.92. The van der Waals surface area contributed by atoms with Crippen molar-refractivity contribution in [2.75, 3.05) is 11.9 Å². The molecule has 0 aliphatic rings. The van der Waals surface area contributed by atoms with Gasteiger partial charge in [0.15, 0.2) is 0 Å². The van der Waals surface area contributed by atoms with E-state index in [4.69, 9.17) is 5.11 Å². The first-order valence-electron chi connectivity index (χ1n) is 6.15. The molecule has 0 radical (unpaired) electrons. The first-order valence-corrected chi connectivity index (χ1v) is 6.15. The third-order valence-corrected chi connectivity index (χ3v) is 2.60. The fourth-order valence-electron chi connectivity index (χ4n) is 1.66. The monoisotopic (exact) mass is 290 g/mol. The number of anilines is 1. The molecule has 20 heavy (non-hydrogen) atoms. The van der Waals surface area contributed by atoms with Gasteiger partial charge in [-0.25, -0.2) is 4.79 Å². The Labute approximate surface area is 115 Å². The van der Waals surface area contributed by atoms with Crippen LogP contribution in [0.3, 0.4) is 0 Å². The van der Waals surface area contributed by atoms with Gasteiger partial charge in [0.25, 0.3) is 0 Å². The molecule has 0 aliphatic heterocycles. The predicted octanol–water partition coefficient (Wildman–Crippen LogP) is 2.68. The topological polar surface area (TPSA) is 61.4 Å². The van der Waals surface area contributed by atoms with Gasteiger partial charge in [-0.05, 0) is 25.0 Å². The highest BCUT2D eigenvalue weighted by molar-refractivity contribution is 5.90. The molecule has 1 rings (SSSR count). The van der Waals surface area contributed by atoms with Crippen molar-refractivity contribution >= 4 is 11.7 Å². The Bertz CT molecular complexity index is 449. The molecule has 0 heterocycles. The molecule has 7 heteroatoms. The lowest BCUT2D eigenvalue weighted by molar-refractivity contribution is -0.127. The highest BCUT2D eigenvalue weighted by atomic mass is 19.4. The second-order valence-corrected chi connectivity index (χ2v) is 4.46. The van der Waals surface area contributed by atoms with Crippen LogP contribution in [-0.4, -0.2) is 30.0 Å². The molecule has 0 saturated carbocycles. The Balaban J connectivity index is 2.70. The zero-order valence-electron chi connectivity index (χ0n) is 11.0. The molecule has 0 aromatic heterocycles. The molecule has 3 N–H and O–H groups in total. The SMILES string of the molecule is C[C@H](CCO)NC(=O)Nc1ccccc1CC(F)(F)F. The van der Waals surface area contributed by atoms with Gasteiger partial charge in [0.2, 0.25) is 0 Å². The molecule has 112 valence electrons. The van der Waals surface area contributed by atoms with Crippen molar-refractivity contribution in [3.63, 3.8) is 0 Å². The van der Waals surface area contributed by atoms with Crippen LogP contribution in [-0.2, 0) is 6.42 Å². The van der Waals surface area contributed by atoms with E-state index in [1.807, 2.05) is 0 Å². The molecule has 0 unspecified atom stereocenters. The van der Waals surface area contributed by atoms with Gasteiger partial charge in [-0.2, -0.15) is 13.2 Å². The standard InChI is InChI=1S/C13H17F3N2O2/c1-9(6-7-19)17-12(20)18-11-5-3-2-4-10(11)8-13(14,15)16/h2-5,9,19H,6-8H2,1H3,(H2,17,18,20)/t9-/m1/s1. The predicted molar refractivity (Wildman–Crippen MR) is 69.5 cm³/mol. The van der Waals surface area contributed by atoms with Crippen LogP contribution in [0.1, 0.15) is 18.9 Å². The molecule has 0 spiro atoms. The van der Waals surface area contributed by atoms with Crippen LogP contribution in [0.5, 0.6) is 0 Å². The van der Waals surface area contributed by atoms with E-state index in [1.54, 1.807) is 13.0 Å². The van der Waals surface area contributed by atoms with Gasteiger partial charge in [-0.1, -0.05) is 18.2 Å². The van der Waals surface area contributed by atoms with E-state index in [0.717, 1.165) is 0 Å². The molecule has 4 nitrogen and oxygen atoms in total. The zero-order chi connectivity index (χ0) is 15.2. The van der Waals surface area contributed by atoms with Crippen LogP contribution >= 0.6 is 0 Å². The number of para-hydroxylation sites is 1. The lowest BCUT2D eigenvalue weighted by Crippen LogP contribution is -2.36. The number of alkyl halides is 3. The maximum atomic E-state index is 12.4. The Morgan fingerprint density at radius 2 is 2.00 bits per heavy atom. The molecule has 1 aromatic carbocycles. The van der Waals surface area contributed by atoms with Gasteiger partial charge in [0.05, 0.1) is 6.42 Å². The first kappa shape index (κ1) is 16.3. The first-order chi connectivity index (χ1) is 9.31. The Kier molecular flexibility index (Phi) is 5.82. The molecule has 0 aliphatic carbocycles. The van der Waals surface area contributed by atoms with Crippen LogP contribution in [0.4, 0.5) is 23.7 Å². The highest BCUT2D eigenvalue weighted by Crippen LogP contribution is 2.25. The van der Waals surface area contributed by atoms with E-state index in [2.05, 4.69) is 10.6 Å². The summed E-state index contributed by atoms with van der Waals surface area (Å²) >= 11 is 0. The fraction of sp³-hybridized carbons (Fsp3) is 0.462. The smallest absolute Gasteiger partial charge is 0.393 e. The van der Waals surface area contributed by atoms with E-state index in [1.165, 1.54) is 18.2 Å². The number of aliphatic hydroxyl groups excluding tert-OH is 1. The van der Waals surface area contributed by atoms with Crippen molar-refractivity contribution in [3.05, 3.63) is 29.8 Å². The lowest BCUT2D eigenvalue weighted by Gasteiger charge is -2.16. The molecular formula is C13H17F3N2O2. The normalized spacial score (nSPS) is 12.8. The summed E-state index contributed by atoms with van der Waals surface area (Å²) in [7, 11) is 0. The van der Waals surface area contributed by atoms with Gasteiger partial charge < -0.3 is 15.7 Å². The maximum Gasteiger partial charge on any atom is 0.393 e. The number of hydrogen-bond acceptors (Lipinski definition) is 2. The molecule has 0 fully saturated rings. The van der Waals surface area contributed by atoms with Crippen LogP contribution in [0.15, 0.2) is 24.3 Å². The number of carbonyl (C=O) groups excluding carboxylic acids is 1. The number of halogens is 3. The van der Waals surface area contributed by atoms with Gasteiger partial charge in [-0.15, -0.1) is 0 Å². The van der Waals surface area contributed by atoms with Gasteiger partial charge in [-0.3, -0.25) is 0 Å². The number of nitrogens with one attached hydrogen (secondary N) is 2. The van der Waals surface area contributed by atoms with E-state index in [-0.39, 0.29) is 23.9 Å². The lowest BCUT2D eigenvalue weighted by atomic mass is 10.1. The summed E-state index contributed by atoms with van der Waals surface area (Å²) in [5.74, 6) is 0. The van der Waals surface area contributed by atoms with Crippen molar-refractivity contribution in [1.29, 1.82) is 0 Å². The second-order valence-electron chi connectivity index (χ2n) is 4.46. The Hall–Kier alpha value is -1.76. The summed E-state index contributed by atoms with van der Waals surface area (Å²) in [6.07, 6.45) is -5.06. The van der Waals surface area contributed by atoms with Crippen LogP contribution in [0.25, 0.3) is 0 Å². The molecular weight excluding hydrogens is 273 g/mol. The van der Waals surface area contributed by atoms with Gasteiger partial charge in [0, 0.05) is 18.3 Å². The number of amides is 2. The van der Waals surface area contributed by atoms with Crippen molar-refractivity contribution in [2.45, 2.75) is 32.0 Å². The summed E-state index contributed by atoms with van der Waals surface area (Å²) in [4.78, 5) is 11.6. The minimum Gasteiger partial charge on any atom is -0.396 e. The van der Waals surface area contributed by atoms with Crippen LogP contribution in [0.2, 0.25) is 0 Å². The second kappa shape index (κ2) is 7.14. The van der Waals surface area contributed by atoms with Gasteiger partial charge in [0.1, 0.15) is 0 Å². The molecule has 2 amide bonds. The van der Waals surface area contributed by atoms with Crippen LogP contribution < -0.4 is 10.6 Å². The van der Waals surface area contributed by atoms with Crippen molar-refractivity contribution in [3.8, 4) is 0 Å². The summed E-state index contributed by atoms with van der Waals surface area (Å²) in [5, 5.41) is 13.6. The quantitative estimate of drug-likeness (QED) is 0.780. The summed E-state index contributed by atoms with van der Waals surface area (Å²) in [5.41, 5.74) is 0.128. The Morgan fingerprint density at radius 3 is 2.60 bits per heavy atom. The number of urea groups is 1. The number of rotatable bonds is 5. The average Bonchev–Trinajstić information content (AvgIpc) is 2.30. The summed E-state index contributed by atoms with van der Waals surface area (Å²) in [6.45, 7) is 1.61. The van der Waals surface area contributed by atoms with E-state index in [9.17, 15) is 18.0 Å². The van der Waals surface area contributed by atoms with Crippen molar-refractivity contribution in [2.24, 2.45) is 0 Å². The van der Waals surface area contributed by atoms with E-state index >= 15 is 0 Å². The number of carbonyl (C=O) groups is 1. The highest BCUT2D eigenvalue weighted by Gasteiger charge is 2.29.